The van der Waals surface area contributed by atoms with Gasteiger partial charge in [-0.25, -0.2) is 0 Å². The van der Waals surface area contributed by atoms with Crippen LogP contribution in [0.2, 0.25) is 0 Å². The van der Waals surface area contributed by atoms with Crippen molar-refractivity contribution in [2.75, 3.05) is 40.8 Å². The third kappa shape index (κ3) is 14.8. The molecular weight excluding hydrogens is 859 g/mol. The summed E-state index contributed by atoms with van der Waals surface area (Å²) in [6, 6.07) is 8.64. The van der Waals surface area contributed by atoms with E-state index in [4.69, 9.17) is 38.3 Å². The van der Waals surface area contributed by atoms with Crippen LogP contribution in [0.4, 0.5) is 0 Å². The Bertz CT molecular complexity index is 1640. The Morgan fingerprint density at radius 3 is 2.17 bits per heavy atom. The molecule has 1 aromatic carbocycles. The Morgan fingerprint density at radius 1 is 0.970 bits per heavy atom. The first-order chi connectivity index (χ1) is 30.8. The SMILES string of the molecule is CC[C@H]1OC(=O)[C@H](C)[C@@H](O[C@H]2C[C@@](C)(OC)[C@@H](O)[C@H](C)O2)[C@H](C)[C@@H](O[C@@H]2O[C@H](C)C[C@H](N(C)C)[C@H]2O)[C@](C)(O)C[C@@H](C)CN(CC(=O)NCCc2ccccc2)[C@H](C)[C@@H](O)[C@]1(C)O.O=CO. The number of likely N-dealkylation sites (N-methyl/N-ethyl adjacent to an activating group) is 1. The molecule has 3 heterocycles. The molecule has 3 aliphatic rings. The molecule has 0 aliphatic carbocycles. The molecule has 7 N–H and O–H groups in total. The quantitative estimate of drug-likeness (QED) is 0.117. The summed E-state index contributed by atoms with van der Waals surface area (Å²) < 4.78 is 37.9. The lowest BCUT2D eigenvalue weighted by Crippen LogP contribution is -2.60. The van der Waals surface area contributed by atoms with Gasteiger partial charge in [-0.3, -0.25) is 19.3 Å². The number of amides is 1. The molecule has 0 unspecified atom stereocenters. The van der Waals surface area contributed by atoms with Crippen LogP contribution in [0, 0.1) is 17.8 Å². The smallest absolute Gasteiger partial charge is 0.311 e. The number of aliphatic hydroxyl groups excluding tert-OH is 3. The number of esters is 1. The van der Waals surface area contributed by atoms with Gasteiger partial charge in [0, 0.05) is 44.6 Å². The summed E-state index contributed by atoms with van der Waals surface area (Å²) in [6.45, 7) is 17.4. The predicted octanol–water partition coefficient (Wildman–Crippen LogP) is 2.33. The summed E-state index contributed by atoms with van der Waals surface area (Å²) in [5, 5.41) is 69.5. The van der Waals surface area contributed by atoms with Crippen LogP contribution in [0.25, 0.3) is 0 Å². The van der Waals surface area contributed by atoms with Crippen LogP contribution in [0.1, 0.15) is 100 Å². The number of nitrogens with one attached hydrogen (secondary N) is 1. The van der Waals surface area contributed by atoms with E-state index in [1.54, 1.807) is 53.4 Å². The average Bonchev–Trinajstić information content (AvgIpc) is 3.25. The molecule has 3 saturated heterocycles. The largest absolute Gasteiger partial charge is 0.483 e. The molecule has 66 heavy (non-hydrogen) atoms. The minimum atomic E-state index is -1.97. The van der Waals surface area contributed by atoms with Gasteiger partial charge in [0.1, 0.15) is 30.0 Å². The first kappa shape index (κ1) is 57.5. The molecule has 1 aromatic rings. The van der Waals surface area contributed by atoms with E-state index in [1.165, 1.54) is 14.0 Å². The van der Waals surface area contributed by atoms with Gasteiger partial charge in [0.05, 0.1) is 48.1 Å². The second-order valence-corrected chi connectivity index (χ2v) is 19.8. The zero-order valence-electron chi connectivity index (χ0n) is 41.5. The average molecular weight is 942 g/mol. The molecular formula is C48H83N3O15. The lowest BCUT2D eigenvalue weighted by atomic mass is 9.77. The fourth-order valence-corrected chi connectivity index (χ4v) is 10.0. The molecule has 3 aliphatic heterocycles. The van der Waals surface area contributed by atoms with Crippen LogP contribution in [0.5, 0.6) is 0 Å². The molecule has 18 nitrogen and oxygen atoms in total. The van der Waals surface area contributed by atoms with Crippen molar-refractivity contribution in [2.45, 2.75) is 192 Å². The normalized spacial score (nSPS) is 41.1. The molecule has 4 rings (SSSR count). The maximum absolute atomic E-state index is 14.5. The molecule has 0 saturated carbocycles. The minimum Gasteiger partial charge on any atom is -0.483 e. The van der Waals surface area contributed by atoms with Crippen LogP contribution >= 0.6 is 0 Å². The molecule has 3 fully saturated rings. The Hall–Kier alpha value is -2.85. The summed E-state index contributed by atoms with van der Waals surface area (Å²) in [5.41, 5.74) is -3.66. The zero-order valence-corrected chi connectivity index (χ0v) is 41.5. The number of nitrogens with zero attached hydrogens (tertiary/aromatic N) is 2. The summed E-state index contributed by atoms with van der Waals surface area (Å²) >= 11 is 0. The van der Waals surface area contributed by atoms with Crippen molar-refractivity contribution in [3.05, 3.63) is 35.9 Å². The van der Waals surface area contributed by atoms with E-state index in [0.29, 0.717) is 19.4 Å². The summed E-state index contributed by atoms with van der Waals surface area (Å²) in [5.74, 6) is -3.29. The summed E-state index contributed by atoms with van der Waals surface area (Å²) in [6.07, 6.45) is -8.69. The van der Waals surface area contributed by atoms with Crippen molar-refractivity contribution in [1.29, 1.82) is 0 Å². The van der Waals surface area contributed by atoms with Gasteiger partial charge in [-0.2, -0.15) is 0 Å². The molecule has 0 aromatic heterocycles. The fraction of sp³-hybridized carbons (Fsp3) is 0.812. The number of hydrogen-bond donors (Lipinski definition) is 7. The fourth-order valence-electron chi connectivity index (χ4n) is 10.0. The Labute approximate surface area is 392 Å². The summed E-state index contributed by atoms with van der Waals surface area (Å²) in [7, 11) is 5.24. The van der Waals surface area contributed by atoms with Gasteiger partial charge >= 0.3 is 5.97 Å². The predicted molar refractivity (Wildman–Crippen MR) is 245 cm³/mol. The number of carboxylic acid groups (broad SMARTS) is 1. The summed E-state index contributed by atoms with van der Waals surface area (Å²) in [4.78, 5) is 40.1. The zero-order chi connectivity index (χ0) is 49.9. The minimum absolute atomic E-state index is 0.0941. The first-order valence-corrected chi connectivity index (χ1v) is 23.4. The maximum atomic E-state index is 14.5. The number of rotatable bonds is 12. The lowest BCUT2D eigenvalue weighted by Gasteiger charge is -2.48. The van der Waals surface area contributed by atoms with Gasteiger partial charge in [-0.15, -0.1) is 0 Å². The number of benzene rings is 1. The number of ether oxygens (including phenoxy) is 6. The standard InChI is InChI=1S/C47H81N3O13.CH2O2/c1-14-35-47(10,57)40(53)31(6)50(26-36(51)48-21-20-33-18-16-15-17-19-33)25-27(2)23-45(8,56)42(63-44-38(52)34(49(11)12)22-28(3)59-44)29(4)39(30(5)43(55)61-35)62-37-24-46(9,58-13)41(54)32(7)60-37;2-1-3/h15-19,27-32,34-35,37-42,44,52-54,56-57H,14,20-26H2,1-13H3,(H,48,51);1H,(H,2,3)/t27-,28-,29+,30-,31-,32+,34+,35-,37+,38-,39+,40-,41+,42-,44+,45-,46-,47-;/m1./s1. The Kier molecular flexibility index (Phi) is 21.9. The number of carbonyl (C=O) groups excluding carboxylic acids is 2. The van der Waals surface area contributed by atoms with Gasteiger partial charge in [0.15, 0.2) is 12.6 Å². The molecule has 18 atom stereocenters. The van der Waals surface area contributed by atoms with Crippen molar-refractivity contribution in [2.24, 2.45) is 17.8 Å². The van der Waals surface area contributed by atoms with Crippen molar-refractivity contribution >= 4 is 18.3 Å². The number of hydrogen-bond acceptors (Lipinski definition) is 16. The van der Waals surface area contributed by atoms with Crippen LogP contribution in [0.3, 0.4) is 0 Å². The van der Waals surface area contributed by atoms with E-state index < -0.39 is 96.0 Å². The van der Waals surface area contributed by atoms with E-state index in [2.05, 4.69) is 5.32 Å². The van der Waals surface area contributed by atoms with Gasteiger partial charge in [-0.1, -0.05) is 51.1 Å². The first-order valence-electron chi connectivity index (χ1n) is 23.4. The molecule has 0 radical (unpaired) electrons. The molecule has 0 spiro atoms. The van der Waals surface area contributed by atoms with Crippen molar-refractivity contribution in [1.82, 2.24) is 15.1 Å². The highest BCUT2D eigenvalue weighted by Crippen LogP contribution is 2.40. The van der Waals surface area contributed by atoms with Crippen molar-refractivity contribution in [3.8, 4) is 0 Å². The van der Waals surface area contributed by atoms with Crippen molar-refractivity contribution < 1.29 is 73.4 Å². The van der Waals surface area contributed by atoms with Gasteiger partial charge in [0.2, 0.25) is 5.91 Å². The van der Waals surface area contributed by atoms with Gasteiger partial charge in [-0.05, 0) is 99.7 Å². The topological polar surface area (TPSA) is 246 Å². The molecule has 380 valence electrons. The monoisotopic (exact) mass is 942 g/mol. The second-order valence-electron chi connectivity index (χ2n) is 19.8. The lowest BCUT2D eigenvalue weighted by molar-refractivity contribution is -0.318. The number of carbonyl (C=O) groups is 3. The van der Waals surface area contributed by atoms with Crippen LogP contribution in [0.15, 0.2) is 30.3 Å². The molecule has 0 bridgehead atoms. The number of methoxy groups -OCH3 is 1. The van der Waals surface area contributed by atoms with Gasteiger partial charge in [0.25, 0.3) is 6.47 Å². The van der Waals surface area contributed by atoms with Crippen LogP contribution < -0.4 is 5.32 Å². The third-order valence-corrected chi connectivity index (χ3v) is 14.0. The third-order valence-electron chi connectivity index (χ3n) is 14.0. The highest BCUT2D eigenvalue weighted by atomic mass is 16.7. The van der Waals surface area contributed by atoms with E-state index in [0.717, 1.165) is 5.56 Å². The van der Waals surface area contributed by atoms with Crippen LogP contribution in [-0.2, 0) is 49.2 Å². The Balaban J connectivity index is 0.00000375. The number of cyclic esters (lactones) is 1. The van der Waals surface area contributed by atoms with Crippen LogP contribution in [-0.4, -0.2) is 190 Å². The van der Waals surface area contributed by atoms with Gasteiger partial charge < -0.3 is 69.3 Å². The Morgan fingerprint density at radius 2 is 1.59 bits per heavy atom. The molecule has 18 heteroatoms. The van der Waals surface area contributed by atoms with E-state index >= 15 is 0 Å². The maximum Gasteiger partial charge on any atom is 0.311 e. The van der Waals surface area contributed by atoms with E-state index in [1.807, 2.05) is 63.2 Å². The highest BCUT2D eigenvalue weighted by molar-refractivity contribution is 5.78. The highest BCUT2D eigenvalue weighted by Gasteiger charge is 2.53. The van der Waals surface area contributed by atoms with Crippen molar-refractivity contribution in [3.63, 3.8) is 0 Å². The number of aliphatic hydroxyl groups is 5. The van der Waals surface area contributed by atoms with E-state index in [9.17, 15) is 35.1 Å². The molecule has 1 amide bonds. The second kappa shape index (κ2) is 25.1. The van der Waals surface area contributed by atoms with E-state index in [-0.39, 0.29) is 62.8 Å².